The van der Waals surface area contributed by atoms with Gasteiger partial charge >= 0.3 is 12.1 Å². The van der Waals surface area contributed by atoms with Gasteiger partial charge < -0.3 is 14.8 Å². The maximum atomic E-state index is 12.5. The topological polar surface area (TPSA) is 64.6 Å². The number of alkyl halides is 3. The monoisotopic (exact) mass is 353 g/mol. The van der Waals surface area contributed by atoms with Crippen LogP contribution in [-0.2, 0) is 15.7 Å². The minimum atomic E-state index is -4.45. The van der Waals surface area contributed by atoms with E-state index in [2.05, 4.69) is 5.32 Å². The molecule has 2 aromatic carbocycles. The van der Waals surface area contributed by atoms with E-state index in [-0.39, 0.29) is 11.3 Å². The summed E-state index contributed by atoms with van der Waals surface area (Å²) in [6.45, 7) is -0.572. The fraction of sp³-hybridized carbons (Fsp3) is 0.176. The minimum Gasteiger partial charge on any atom is -0.497 e. The summed E-state index contributed by atoms with van der Waals surface area (Å²) in [5.41, 5.74) is -0.452. The number of carbonyl (C=O) groups is 2. The number of hydrogen-bond acceptors (Lipinski definition) is 4. The summed E-state index contributed by atoms with van der Waals surface area (Å²) < 4.78 is 47.2. The van der Waals surface area contributed by atoms with E-state index in [1.165, 1.54) is 19.2 Å². The van der Waals surface area contributed by atoms with Gasteiger partial charge in [-0.2, -0.15) is 13.2 Å². The van der Waals surface area contributed by atoms with E-state index in [4.69, 9.17) is 9.47 Å². The second-order valence-electron chi connectivity index (χ2n) is 4.93. The quantitative estimate of drug-likeness (QED) is 0.836. The van der Waals surface area contributed by atoms with Crippen molar-refractivity contribution in [3.8, 4) is 5.75 Å². The molecule has 132 valence electrons. The highest BCUT2D eigenvalue weighted by atomic mass is 19.4. The second-order valence-corrected chi connectivity index (χ2v) is 4.93. The van der Waals surface area contributed by atoms with Crippen molar-refractivity contribution in [1.29, 1.82) is 0 Å². The first kappa shape index (κ1) is 18.3. The van der Waals surface area contributed by atoms with Crippen LogP contribution in [0.1, 0.15) is 15.9 Å². The molecule has 0 aromatic heterocycles. The molecule has 0 heterocycles. The predicted octanol–water partition coefficient (Wildman–Crippen LogP) is 3.51. The zero-order valence-electron chi connectivity index (χ0n) is 13.1. The van der Waals surface area contributed by atoms with Crippen LogP contribution in [0.3, 0.4) is 0 Å². The Labute approximate surface area is 141 Å². The molecule has 8 heteroatoms. The smallest absolute Gasteiger partial charge is 0.416 e. The first-order chi connectivity index (χ1) is 11.8. The molecule has 2 aromatic rings. The molecule has 0 aliphatic heterocycles. The summed E-state index contributed by atoms with van der Waals surface area (Å²) in [6.07, 6.45) is -4.45. The van der Waals surface area contributed by atoms with Crippen molar-refractivity contribution in [3.05, 3.63) is 59.7 Å². The molecule has 0 bridgehead atoms. The van der Waals surface area contributed by atoms with Crippen LogP contribution in [0.15, 0.2) is 48.5 Å². The van der Waals surface area contributed by atoms with Crippen LogP contribution in [0.25, 0.3) is 0 Å². The van der Waals surface area contributed by atoms with E-state index in [9.17, 15) is 22.8 Å². The first-order valence-corrected chi connectivity index (χ1v) is 7.08. The van der Waals surface area contributed by atoms with E-state index in [0.717, 1.165) is 24.3 Å². The lowest BCUT2D eigenvalue weighted by atomic mass is 10.2. The number of anilines is 1. The van der Waals surface area contributed by atoms with E-state index in [1.807, 2.05) is 0 Å². The zero-order chi connectivity index (χ0) is 18.4. The number of rotatable bonds is 5. The lowest BCUT2D eigenvalue weighted by molar-refractivity contribution is -0.137. The van der Waals surface area contributed by atoms with Gasteiger partial charge in [0.25, 0.3) is 5.91 Å². The Balaban J connectivity index is 1.89. The molecule has 0 saturated heterocycles. The van der Waals surface area contributed by atoms with Crippen LogP contribution >= 0.6 is 0 Å². The molecule has 1 amide bonds. The first-order valence-electron chi connectivity index (χ1n) is 7.08. The number of hydrogen-bond donors (Lipinski definition) is 1. The molecule has 0 unspecified atom stereocenters. The summed E-state index contributed by atoms with van der Waals surface area (Å²) in [6, 6.07) is 10.1. The average molecular weight is 353 g/mol. The fourth-order valence-corrected chi connectivity index (χ4v) is 1.90. The Morgan fingerprint density at radius 1 is 1.08 bits per heavy atom. The van der Waals surface area contributed by atoms with Gasteiger partial charge in [0.1, 0.15) is 5.75 Å². The van der Waals surface area contributed by atoms with Crippen molar-refractivity contribution in [2.75, 3.05) is 19.0 Å². The van der Waals surface area contributed by atoms with Gasteiger partial charge in [0, 0.05) is 5.69 Å². The third kappa shape index (κ3) is 5.23. The van der Waals surface area contributed by atoms with Crippen molar-refractivity contribution in [2.24, 2.45) is 0 Å². The molecule has 25 heavy (non-hydrogen) atoms. The van der Waals surface area contributed by atoms with Crippen LogP contribution in [0.4, 0.5) is 18.9 Å². The summed E-state index contributed by atoms with van der Waals surface area (Å²) >= 11 is 0. The van der Waals surface area contributed by atoms with Gasteiger partial charge in [-0.25, -0.2) is 4.79 Å². The van der Waals surface area contributed by atoms with Crippen LogP contribution in [0.5, 0.6) is 5.75 Å². The molecule has 0 radical (unpaired) electrons. The molecule has 2 rings (SSSR count). The fourth-order valence-electron chi connectivity index (χ4n) is 1.90. The molecule has 5 nitrogen and oxygen atoms in total. The van der Waals surface area contributed by atoms with Crippen LogP contribution < -0.4 is 10.1 Å². The van der Waals surface area contributed by atoms with Crippen molar-refractivity contribution in [2.45, 2.75) is 6.18 Å². The Morgan fingerprint density at radius 3 is 2.36 bits per heavy atom. The molecule has 0 spiro atoms. The Hall–Kier alpha value is -3.03. The molecule has 0 saturated carbocycles. The van der Waals surface area contributed by atoms with Gasteiger partial charge in [-0.05, 0) is 42.5 Å². The number of methoxy groups -OCH3 is 1. The lowest BCUT2D eigenvalue weighted by Crippen LogP contribution is -2.21. The second kappa shape index (κ2) is 7.69. The van der Waals surface area contributed by atoms with Crippen molar-refractivity contribution < 1.29 is 32.2 Å². The number of esters is 1. The number of nitrogens with one attached hydrogen (secondary N) is 1. The molecular formula is C17H14F3NO4. The normalized spacial score (nSPS) is 10.9. The zero-order valence-corrected chi connectivity index (χ0v) is 13.1. The minimum absolute atomic E-state index is 0.162. The Bertz CT molecular complexity index is 757. The maximum absolute atomic E-state index is 12.5. The Kier molecular flexibility index (Phi) is 5.63. The van der Waals surface area contributed by atoms with Crippen LogP contribution in [0, 0.1) is 0 Å². The molecule has 0 fully saturated rings. The van der Waals surface area contributed by atoms with Gasteiger partial charge in [0.15, 0.2) is 6.61 Å². The summed E-state index contributed by atoms with van der Waals surface area (Å²) in [4.78, 5) is 23.6. The molecular weight excluding hydrogens is 339 g/mol. The summed E-state index contributed by atoms with van der Waals surface area (Å²) in [5, 5.41) is 2.34. The summed E-state index contributed by atoms with van der Waals surface area (Å²) in [7, 11) is 1.45. The van der Waals surface area contributed by atoms with Crippen molar-refractivity contribution >= 4 is 17.6 Å². The van der Waals surface area contributed by atoms with E-state index >= 15 is 0 Å². The third-order valence-corrected chi connectivity index (χ3v) is 3.14. The number of ether oxygens (including phenoxy) is 2. The largest absolute Gasteiger partial charge is 0.497 e. The average Bonchev–Trinajstić information content (AvgIpc) is 2.59. The van der Waals surface area contributed by atoms with E-state index < -0.39 is 30.2 Å². The Morgan fingerprint density at radius 2 is 1.76 bits per heavy atom. The molecule has 0 aliphatic rings. The lowest BCUT2D eigenvalue weighted by Gasteiger charge is -2.09. The highest BCUT2D eigenvalue weighted by Crippen LogP contribution is 2.29. The number of benzene rings is 2. The molecule has 0 aliphatic carbocycles. The maximum Gasteiger partial charge on any atom is 0.416 e. The van der Waals surface area contributed by atoms with Gasteiger partial charge in [0.05, 0.1) is 18.2 Å². The van der Waals surface area contributed by atoms with Crippen LogP contribution in [-0.4, -0.2) is 25.6 Å². The molecule has 1 N–H and O–H groups in total. The van der Waals surface area contributed by atoms with Crippen molar-refractivity contribution in [3.63, 3.8) is 0 Å². The highest BCUT2D eigenvalue weighted by molar-refractivity contribution is 5.95. The number of carbonyl (C=O) groups excluding carboxylic acids is 2. The standard InChI is InChI=1S/C17H14F3NO4/c1-24-14-4-2-3-11(9-14)16(23)25-10-15(22)21-13-7-5-12(6-8-13)17(18,19)20/h2-9H,10H2,1H3,(H,21,22). The highest BCUT2D eigenvalue weighted by Gasteiger charge is 2.29. The molecule has 0 atom stereocenters. The summed E-state index contributed by atoms with van der Waals surface area (Å²) in [5.74, 6) is -0.930. The van der Waals surface area contributed by atoms with Gasteiger partial charge in [0.2, 0.25) is 0 Å². The van der Waals surface area contributed by atoms with Crippen molar-refractivity contribution in [1.82, 2.24) is 0 Å². The third-order valence-electron chi connectivity index (χ3n) is 3.14. The van der Waals surface area contributed by atoms with Gasteiger partial charge in [-0.15, -0.1) is 0 Å². The number of halogens is 3. The van der Waals surface area contributed by atoms with Crippen LogP contribution in [0.2, 0.25) is 0 Å². The van der Waals surface area contributed by atoms with Gasteiger partial charge in [-0.3, -0.25) is 4.79 Å². The SMILES string of the molecule is COc1cccc(C(=O)OCC(=O)Nc2ccc(C(F)(F)F)cc2)c1. The predicted molar refractivity (Wildman–Crippen MR) is 83.4 cm³/mol. The van der Waals surface area contributed by atoms with E-state index in [0.29, 0.717) is 5.75 Å². The van der Waals surface area contributed by atoms with E-state index in [1.54, 1.807) is 12.1 Å². The number of amides is 1. The van der Waals surface area contributed by atoms with Gasteiger partial charge in [-0.1, -0.05) is 6.07 Å².